The number of aryl methyl sites for hydroxylation is 2. The number of aromatic amines is 1. The molecule has 0 aromatic carbocycles. The van der Waals surface area contributed by atoms with Crippen LogP contribution in [0, 0.1) is 6.92 Å². The first-order valence-electron chi connectivity index (χ1n) is 11.0. The molecule has 0 aliphatic heterocycles. The van der Waals surface area contributed by atoms with Crippen molar-refractivity contribution < 1.29 is 4.74 Å². The van der Waals surface area contributed by atoms with Crippen LogP contribution in [0.5, 0.6) is 0 Å². The van der Waals surface area contributed by atoms with Gasteiger partial charge in [-0.3, -0.25) is 9.97 Å². The highest BCUT2D eigenvalue weighted by Gasteiger charge is 2.42. The highest BCUT2D eigenvalue weighted by atomic mass is 16.5. The number of nitrogens with one attached hydrogen (secondary N) is 1. The summed E-state index contributed by atoms with van der Waals surface area (Å²) in [4.78, 5) is 9.73. The Morgan fingerprint density at radius 2 is 1.87 bits per heavy atom. The molecule has 0 atom stereocenters. The Kier molecular flexibility index (Phi) is 5.06. The largest absolute Gasteiger partial charge is 0.372 e. The number of H-pyrrole nitrogens is 1. The molecular weight excluding hydrogens is 376 g/mol. The fourth-order valence-electron chi connectivity index (χ4n) is 5.24. The Labute approximate surface area is 176 Å². The van der Waals surface area contributed by atoms with Crippen molar-refractivity contribution in [3.63, 3.8) is 0 Å². The molecule has 0 saturated heterocycles. The van der Waals surface area contributed by atoms with Gasteiger partial charge in [0.2, 0.25) is 5.82 Å². The molecule has 1 fully saturated rings. The first-order chi connectivity index (χ1) is 14.7. The Morgan fingerprint density at radius 1 is 1.03 bits per heavy atom. The molecule has 1 N–H and O–H groups in total. The summed E-state index contributed by atoms with van der Waals surface area (Å²) < 4.78 is 6.20. The summed E-state index contributed by atoms with van der Waals surface area (Å²) in [6.45, 7) is 2.03. The Hall–Kier alpha value is -2.67. The third kappa shape index (κ3) is 3.21. The quantitative estimate of drug-likeness (QED) is 0.652. The van der Waals surface area contributed by atoms with E-state index in [4.69, 9.17) is 9.72 Å². The van der Waals surface area contributed by atoms with Gasteiger partial charge >= 0.3 is 0 Å². The topological polar surface area (TPSA) is 89.5 Å². The maximum Gasteiger partial charge on any atom is 0.207 e. The van der Waals surface area contributed by atoms with E-state index in [0.29, 0.717) is 5.82 Å². The molecule has 1 saturated carbocycles. The molecule has 3 heterocycles. The molecule has 156 valence electrons. The number of methoxy groups -OCH3 is 1. The third-order valence-electron chi connectivity index (χ3n) is 6.71. The van der Waals surface area contributed by atoms with Crippen molar-refractivity contribution in [3.8, 4) is 22.5 Å². The maximum atomic E-state index is 6.20. The lowest BCUT2D eigenvalue weighted by Crippen LogP contribution is -2.28. The fourth-order valence-corrected chi connectivity index (χ4v) is 5.24. The number of tetrazole rings is 1. The monoisotopic (exact) mass is 404 g/mol. The van der Waals surface area contributed by atoms with Gasteiger partial charge in [-0.15, -0.1) is 10.2 Å². The maximum absolute atomic E-state index is 6.20. The van der Waals surface area contributed by atoms with E-state index in [2.05, 4.69) is 37.7 Å². The zero-order valence-corrected chi connectivity index (χ0v) is 17.7. The summed E-state index contributed by atoms with van der Waals surface area (Å²) in [5.41, 5.74) is 7.42. The van der Waals surface area contributed by atoms with Gasteiger partial charge in [-0.1, -0.05) is 19.3 Å². The number of hydrogen-bond donors (Lipinski definition) is 1. The van der Waals surface area contributed by atoms with Gasteiger partial charge in [0.25, 0.3) is 0 Å². The number of pyridine rings is 2. The van der Waals surface area contributed by atoms with E-state index in [-0.39, 0.29) is 0 Å². The summed E-state index contributed by atoms with van der Waals surface area (Å²) in [7, 11) is 1.81. The summed E-state index contributed by atoms with van der Waals surface area (Å²) in [5, 5.41) is 15.3. The highest BCUT2D eigenvalue weighted by Crippen LogP contribution is 2.48. The van der Waals surface area contributed by atoms with Gasteiger partial charge < -0.3 is 4.74 Å². The van der Waals surface area contributed by atoms with Gasteiger partial charge in [0.15, 0.2) is 0 Å². The molecule has 0 spiro atoms. The molecule has 0 amide bonds. The summed E-state index contributed by atoms with van der Waals surface area (Å²) in [6, 6.07) is 4.25. The van der Waals surface area contributed by atoms with Crippen LogP contribution in [0.3, 0.4) is 0 Å². The second-order valence-electron chi connectivity index (χ2n) is 8.52. The van der Waals surface area contributed by atoms with Gasteiger partial charge in [-0.25, -0.2) is 0 Å². The first-order valence-corrected chi connectivity index (χ1v) is 11.0. The van der Waals surface area contributed by atoms with E-state index in [1.165, 1.54) is 36.1 Å². The van der Waals surface area contributed by atoms with Crippen molar-refractivity contribution in [1.29, 1.82) is 0 Å². The molecule has 30 heavy (non-hydrogen) atoms. The van der Waals surface area contributed by atoms with Crippen molar-refractivity contribution >= 4 is 0 Å². The van der Waals surface area contributed by atoms with E-state index >= 15 is 0 Å². The lowest BCUT2D eigenvalue weighted by molar-refractivity contribution is -0.0120. The van der Waals surface area contributed by atoms with Gasteiger partial charge in [0.05, 0.1) is 11.3 Å². The van der Waals surface area contributed by atoms with E-state index in [1.807, 2.05) is 20.2 Å². The zero-order chi connectivity index (χ0) is 20.6. The molecule has 3 aromatic rings. The molecule has 3 aromatic heterocycles. The van der Waals surface area contributed by atoms with E-state index < -0.39 is 5.60 Å². The normalized spacial score (nSPS) is 18.2. The molecule has 7 nitrogen and oxygen atoms in total. The lowest BCUT2D eigenvalue weighted by atomic mass is 9.84. The van der Waals surface area contributed by atoms with Gasteiger partial charge in [0, 0.05) is 24.7 Å². The predicted octanol–water partition coefficient (Wildman–Crippen LogP) is 4.32. The second-order valence-corrected chi connectivity index (χ2v) is 8.52. The van der Waals surface area contributed by atoms with Crippen molar-refractivity contribution in [3.05, 3.63) is 41.0 Å². The van der Waals surface area contributed by atoms with Crippen LogP contribution in [0.15, 0.2) is 18.3 Å². The van der Waals surface area contributed by atoms with Gasteiger partial charge in [-0.2, -0.15) is 5.21 Å². The number of hydrogen-bond acceptors (Lipinski definition) is 6. The SMILES string of the molecule is COC1(c2nc3c(c(-c4ccnc(C)c4)c2-c2nn[nH]n2)CCCCC3)CCCC1. The van der Waals surface area contributed by atoms with Crippen LogP contribution in [-0.2, 0) is 23.2 Å². The summed E-state index contributed by atoms with van der Waals surface area (Å²) >= 11 is 0. The van der Waals surface area contributed by atoms with Crippen LogP contribution < -0.4 is 0 Å². The molecule has 0 bridgehead atoms. The van der Waals surface area contributed by atoms with E-state index in [9.17, 15) is 0 Å². The molecule has 2 aliphatic rings. The average molecular weight is 405 g/mol. The minimum absolute atomic E-state index is 0.395. The van der Waals surface area contributed by atoms with E-state index in [1.54, 1.807) is 0 Å². The molecule has 2 aliphatic carbocycles. The van der Waals surface area contributed by atoms with Crippen molar-refractivity contribution in [2.45, 2.75) is 70.3 Å². The van der Waals surface area contributed by atoms with Crippen LogP contribution in [0.25, 0.3) is 22.5 Å². The average Bonchev–Trinajstić information content (AvgIpc) is 3.41. The molecule has 7 heteroatoms. The molecule has 0 unspecified atom stereocenters. The summed E-state index contributed by atoms with van der Waals surface area (Å²) in [5.74, 6) is 0.595. The minimum atomic E-state index is -0.395. The smallest absolute Gasteiger partial charge is 0.207 e. The molecular formula is C23H28N6O. The highest BCUT2D eigenvalue weighted by molar-refractivity contribution is 5.85. The Morgan fingerprint density at radius 3 is 2.60 bits per heavy atom. The predicted molar refractivity (Wildman–Crippen MR) is 114 cm³/mol. The van der Waals surface area contributed by atoms with Crippen LogP contribution in [0.4, 0.5) is 0 Å². The standard InChI is InChI=1S/C23H28N6O/c1-15-14-16(10-13-24-15)19-17-8-4-3-5-9-18(17)25-21(20(19)22-26-28-29-27-22)23(30-2)11-6-7-12-23/h10,13-14H,3-9,11-12H2,1-2H3,(H,26,27,28,29). The van der Waals surface area contributed by atoms with E-state index in [0.717, 1.165) is 61.0 Å². The zero-order valence-electron chi connectivity index (χ0n) is 17.7. The second kappa shape index (κ2) is 7.87. The number of aromatic nitrogens is 6. The van der Waals surface area contributed by atoms with Crippen molar-refractivity contribution in [1.82, 2.24) is 30.6 Å². The van der Waals surface area contributed by atoms with Crippen LogP contribution in [0.2, 0.25) is 0 Å². The third-order valence-corrected chi connectivity index (χ3v) is 6.71. The first kappa shape index (κ1) is 19.3. The number of rotatable bonds is 4. The van der Waals surface area contributed by atoms with Crippen LogP contribution in [0.1, 0.15) is 67.6 Å². The molecule has 0 radical (unpaired) electrons. The van der Waals surface area contributed by atoms with Crippen molar-refractivity contribution in [2.24, 2.45) is 0 Å². The summed E-state index contributed by atoms with van der Waals surface area (Å²) in [6.07, 6.45) is 11.7. The number of nitrogens with zero attached hydrogens (tertiary/aromatic N) is 5. The number of fused-ring (bicyclic) bond motifs is 1. The Bertz CT molecular complexity index is 1040. The fraction of sp³-hybridized carbons (Fsp3) is 0.522. The number of ether oxygens (including phenoxy) is 1. The lowest BCUT2D eigenvalue weighted by Gasteiger charge is -2.31. The molecule has 5 rings (SSSR count). The van der Waals surface area contributed by atoms with Crippen LogP contribution >= 0.6 is 0 Å². The van der Waals surface area contributed by atoms with Gasteiger partial charge in [-0.05, 0) is 79.5 Å². The van der Waals surface area contributed by atoms with Gasteiger partial charge in [0.1, 0.15) is 5.60 Å². The van der Waals surface area contributed by atoms with Crippen LogP contribution in [-0.4, -0.2) is 37.7 Å². The van der Waals surface area contributed by atoms with Crippen molar-refractivity contribution in [2.75, 3.05) is 7.11 Å². The minimum Gasteiger partial charge on any atom is -0.372 e. The Balaban J connectivity index is 1.88.